The largest absolute Gasteiger partial charge is 0.497 e. The molecule has 2 aromatic carbocycles. The number of thioether (sulfide) groups is 1. The molecule has 0 bridgehead atoms. The molecular weight excluding hydrogens is 424 g/mol. The third-order valence-corrected chi connectivity index (χ3v) is 6.86. The minimum absolute atomic E-state index is 0.111. The van der Waals surface area contributed by atoms with Crippen LogP contribution in [0.2, 0.25) is 0 Å². The number of nitrogens with one attached hydrogen (secondary N) is 1. The van der Waals surface area contributed by atoms with Gasteiger partial charge in [-0.15, -0.1) is 11.8 Å². The SMILES string of the molecule is COc1ccc2c(c1)C1(SCCN1C(=O)NC(C)C)C(=O)N2Cc1c(F)cccc1F. The maximum absolute atomic E-state index is 14.4. The average Bonchev–Trinajstić information content (AvgIpc) is 3.27. The van der Waals surface area contributed by atoms with Crippen LogP contribution in [0, 0.1) is 11.6 Å². The van der Waals surface area contributed by atoms with Gasteiger partial charge in [0.1, 0.15) is 17.4 Å². The van der Waals surface area contributed by atoms with E-state index in [4.69, 9.17) is 4.74 Å². The molecule has 0 radical (unpaired) electrons. The van der Waals surface area contributed by atoms with Crippen LogP contribution in [0.15, 0.2) is 36.4 Å². The first-order chi connectivity index (χ1) is 14.8. The van der Waals surface area contributed by atoms with Crippen molar-refractivity contribution in [2.75, 3.05) is 24.3 Å². The molecule has 0 aliphatic carbocycles. The van der Waals surface area contributed by atoms with Gasteiger partial charge in [-0.3, -0.25) is 9.69 Å². The molecule has 1 saturated heterocycles. The van der Waals surface area contributed by atoms with Crippen LogP contribution in [0.1, 0.15) is 25.0 Å². The van der Waals surface area contributed by atoms with Crippen LogP contribution in [0.25, 0.3) is 0 Å². The summed E-state index contributed by atoms with van der Waals surface area (Å²) in [5.74, 6) is -0.772. The van der Waals surface area contributed by atoms with E-state index in [1.807, 2.05) is 13.8 Å². The van der Waals surface area contributed by atoms with E-state index in [1.165, 1.54) is 34.7 Å². The quantitative estimate of drug-likeness (QED) is 0.774. The molecule has 31 heavy (non-hydrogen) atoms. The molecule has 2 aliphatic heterocycles. The summed E-state index contributed by atoms with van der Waals surface area (Å²) in [7, 11) is 1.52. The predicted octanol–water partition coefficient (Wildman–Crippen LogP) is 3.84. The van der Waals surface area contributed by atoms with Crippen molar-refractivity contribution in [1.29, 1.82) is 0 Å². The fourth-order valence-electron chi connectivity index (χ4n) is 4.04. The minimum atomic E-state index is -1.31. The van der Waals surface area contributed by atoms with Gasteiger partial charge in [-0.1, -0.05) is 6.07 Å². The molecule has 1 N–H and O–H groups in total. The zero-order valence-electron chi connectivity index (χ0n) is 17.4. The number of carbonyl (C=O) groups excluding carboxylic acids is 2. The summed E-state index contributed by atoms with van der Waals surface area (Å²) >= 11 is 1.34. The Morgan fingerprint density at radius 1 is 1.26 bits per heavy atom. The highest BCUT2D eigenvalue weighted by atomic mass is 32.2. The topological polar surface area (TPSA) is 61.9 Å². The van der Waals surface area contributed by atoms with Gasteiger partial charge in [0.25, 0.3) is 5.91 Å². The van der Waals surface area contributed by atoms with Crippen molar-refractivity contribution in [3.05, 3.63) is 59.2 Å². The highest BCUT2D eigenvalue weighted by Gasteiger charge is 2.59. The number of urea groups is 1. The zero-order valence-corrected chi connectivity index (χ0v) is 18.3. The Bertz CT molecular complexity index is 1030. The second-order valence-electron chi connectivity index (χ2n) is 7.72. The molecule has 6 nitrogen and oxygen atoms in total. The van der Waals surface area contributed by atoms with E-state index >= 15 is 0 Å². The fourth-order valence-corrected chi connectivity index (χ4v) is 5.50. The summed E-state index contributed by atoms with van der Waals surface area (Å²) < 4.78 is 34.1. The summed E-state index contributed by atoms with van der Waals surface area (Å²) in [6.07, 6.45) is 0. The van der Waals surface area contributed by atoms with Crippen molar-refractivity contribution in [3.8, 4) is 5.75 Å². The standard InChI is InChI=1S/C22H23F2N3O3S/c1-13(2)25-21(29)27-9-10-31-22(27)16-11-14(30-3)7-8-19(16)26(20(22)28)12-15-17(23)5-4-6-18(15)24/h4-8,11,13H,9-10,12H2,1-3H3,(H,25,29). The number of methoxy groups -OCH3 is 1. The number of hydrogen-bond acceptors (Lipinski definition) is 4. The average molecular weight is 448 g/mol. The zero-order chi connectivity index (χ0) is 22.3. The highest BCUT2D eigenvalue weighted by Crippen LogP contribution is 2.55. The molecule has 164 valence electrons. The van der Waals surface area contributed by atoms with Crippen LogP contribution >= 0.6 is 11.8 Å². The van der Waals surface area contributed by atoms with E-state index in [0.717, 1.165) is 12.1 Å². The Kier molecular flexibility index (Phi) is 5.55. The second-order valence-corrected chi connectivity index (χ2v) is 9.01. The van der Waals surface area contributed by atoms with Crippen LogP contribution in [-0.4, -0.2) is 42.3 Å². The minimum Gasteiger partial charge on any atom is -0.497 e. The van der Waals surface area contributed by atoms with Gasteiger partial charge in [-0.2, -0.15) is 0 Å². The normalized spacial score (nSPS) is 20.0. The molecule has 3 amide bonds. The molecule has 0 aromatic heterocycles. The van der Waals surface area contributed by atoms with Crippen LogP contribution in [0.3, 0.4) is 0 Å². The molecule has 4 rings (SSSR count). The molecule has 2 heterocycles. The number of rotatable bonds is 4. The predicted molar refractivity (Wildman–Crippen MR) is 115 cm³/mol. The first kappa shape index (κ1) is 21.4. The third kappa shape index (κ3) is 3.40. The van der Waals surface area contributed by atoms with Crippen molar-refractivity contribution in [1.82, 2.24) is 10.2 Å². The number of hydrogen-bond donors (Lipinski definition) is 1. The van der Waals surface area contributed by atoms with Crippen LogP contribution in [0.4, 0.5) is 19.3 Å². The summed E-state index contributed by atoms with van der Waals surface area (Å²) in [6.45, 7) is 3.77. The third-order valence-electron chi connectivity index (χ3n) is 5.44. The Hall–Kier alpha value is -2.81. The summed E-state index contributed by atoms with van der Waals surface area (Å²) in [6, 6.07) is 8.24. The number of ether oxygens (including phenoxy) is 1. The van der Waals surface area contributed by atoms with Crippen molar-refractivity contribution >= 4 is 29.4 Å². The lowest BCUT2D eigenvalue weighted by molar-refractivity contribution is -0.123. The first-order valence-corrected chi connectivity index (χ1v) is 10.9. The number of nitrogens with zero attached hydrogens (tertiary/aromatic N) is 2. The van der Waals surface area contributed by atoms with E-state index in [2.05, 4.69) is 5.32 Å². The monoisotopic (exact) mass is 447 g/mol. The Labute approximate surface area is 183 Å². The van der Waals surface area contributed by atoms with E-state index in [0.29, 0.717) is 29.3 Å². The van der Waals surface area contributed by atoms with E-state index in [1.54, 1.807) is 18.2 Å². The van der Waals surface area contributed by atoms with Gasteiger partial charge in [-0.25, -0.2) is 13.6 Å². The molecule has 1 fully saturated rings. The Balaban J connectivity index is 1.83. The summed E-state index contributed by atoms with van der Waals surface area (Å²) in [5, 5.41) is 2.85. The number of benzene rings is 2. The highest BCUT2D eigenvalue weighted by molar-refractivity contribution is 8.01. The number of amides is 3. The van der Waals surface area contributed by atoms with Gasteiger partial charge < -0.3 is 15.0 Å². The fraction of sp³-hybridized carbons (Fsp3) is 0.364. The maximum Gasteiger partial charge on any atom is 0.319 e. The molecule has 9 heteroatoms. The number of fused-ring (bicyclic) bond motifs is 2. The van der Waals surface area contributed by atoms with Crippen molar-refractivity contribution in [2.45, 2.75) is 31.3 Å². The molecule has 1 atom stereocenters. The first-order valence-electron chi connectivity index (χ1n) is 9.95. The van der Waals surface area contributed by atoms with Crippen molar-refractivity contribution in [3.63, 3.8) is 0 Å². The van der Waals surface area contributed by atoms with Gasteiger partial charge in [0, 0.05) is 29.5 Å². The maximum atomic E-state index is 14.4. The number of anilines is 1. The number of halogens is 2. The van der Waals surface area contributed by atoms with E-state index < -0.39 is 22.4 Å². The van der Waals surface area contributed by atoms with Crippen molar-refractivity contribution < 1.29 is 23.1 Å². The van der Waals surface area contributed by atoms with Crippen LogP contribution in [-0.2, 0) is 16.2 Å². The molecule has 2 aliphatic rings. The molecule has 1 spiro atoms. The lowest BCUT2D eigenvalue weighted by Crippen LogP contribution is -2.54. The van der Waals surface area contributed by atoms with Crippen LogP contribution < -0.4 is 15.0 Å². The van der Waals surface area contributed by atoms with Crippen molar-refractivity contribution in [2.24, 2.45) is 0 Å². The lowest BCUT2D eigenvalue weighted by atomic mass is 10.1. The number of carbonyl (C=O) groups is 2. The van der Waals surface area contributed by atoms with Gasteiger partial charge in [0.2, 0.25) is 0 Å². The van der Waals surface area contributed by atoms with E-state index in [-0.39, 0.29) is 24.2 Å². The molecule has 2 aromatic rings. The summed E-state index contributed by atoms with van der Waals surface area (Å²) in [5.41, 5.74) is 0.885. The molecule has 0 saturated carbocycles. The Morgan fingerprint density at radius 3 is 2.61 bits per heavy atom. The van der Waals surface area contributed by atoms with E-state index in [9.17, 15) is 18.4 Å². The second kappa shape index (κ2) is 8.03. The Morgan fingerprint density at radius 2 is 1.97 bits per heavy atom. The van der Waals surface area contributed by atoms with Gasteiger partial charge in [0.05, 0.1) is 19.3 Å². The molecular formula is C22H23F2N3O3S. The van der Waals surface area contributed by atoms with Gasteiger partial charge in [0.15, 0.2) is 4.87 Å². The summed E-state index contributed by atoms with van der Waals surface area (Å²) in [4.78, 5) is 28.3. The molecule has 1 unspecified atom stereocenters. The van der Waals surface area contributed by atoms with Crippen LogP contribution in [0.5, 0.6) is 5.75 Å². The van der Waals surface area contributed by atoms with Gasteiger partial charge >= 0.3 is 6.03 Å². The smallest absolute Gasteiger partial charge is 0.319 e. The lowest BCUT2D eigenvalue weighted by Gasteiger charge is -2.33. The van der Waals surface area contributed by atoms with Gasteiger partial charge in [-0.05, 0) is 44.2 Å².